The van der Waals surface area contributed by atoms with Gasteiger partial charge in [0.2, 0.25) is 5.95 Å². The molecule has 12 aromatic rings. The van der Waals surface area contributed by atoms with Crippen molar-refractivity contribution in [3.63, 3.8) is 0 Å². The molecule has 286 valence electrons. The SMILES string of the molecule is c1ccc(-c2ncc(-c3cc(-c4cnc(-c5ccccc5)nc4)nc(-n4c5ccccc5c5c4c4c(c6ccccc6n4-c4ccccc4)n5-c4ccccc4)n3)cn2)cc1. The number of aromatic nitrogens is 9. The molecule has 9 heteroatoms. The van der Waals surface area contributed by atoms with Crippen molar-refractivity contribution < 1.29 is 0 Å². The molecular weight excluding hydrogens is 751 g/mol. The summed E-state index contributed by atoms with van der Waals surface area (Å²) in [5.74, 6) is 1.77. The van der Waals surface area contributed by atoms with Crippen molar-refractivity contribution in [2.75, 3.05) is 0 Å². The van der Waals surface area contributed by atoms with Gasteiger partial charge in [-0.15, -0.1) is 0 Å². The van der Waals surface area contributed by atoms with Gasteiger partial charge in [-0.1, -0.05) is 133 Å². The molecule has 12 rings (SSSR count). The van der Waals surface area contributed by atoms with Crippen LogP contribution < -0.4 is 0 Å². The first kappa shape index (κ1) is 34.5. The van der Waals surface area contributed by atoms with E-state index in [9.17, 15) is 0 Å². The number of benzene rings is 6. The normalized spacial score (nSPS) is 11.6. The quantitative estimate of drug-likeness (QED) is 0.160. The highest BCUT2D eigenvalue weighted by Gasteiger charge is 2.29. The van der Waals surface area contributed by atoms with Crippen molar-refractivity contribution in [2.24, 2.45) is 0 Å². The van der Waals surface area contributed by atoms with E-state index in [4.69, 9.17) is 29.9 Å². The molecule has 9 nitrogen and oxygen atoms in total. The summed E-state index contributed by atoms with van der Waals surface area (Å²) >= 11 is 0. The third-order valence-corrected chi connectivity index (χ3v) is 11.3. The van der Waals surface area contributed by atoms with E-state index < -0.39 is 0 Å². The Labute approximate surface area is 349 Å². The van der Waals surface area contributed by atoms with Gasteiger partial charge < -0.3 is 9.13 Å². The van der Waals surface area contributed by atoms with Crippen molar-refractivity contribution in [1.82, 2.24) is 43.6 Å². The first-order valence-corrected chi connectivity index (χ1v) is 20.1. The van der Waals surface area contributed by atoms with E-state index >= 15 is 0 Å². The lowest BCUT2D eigenvalue weighted by Crippen LogP contribution is -2.05. The van der Waals surface area contributed by atoms with E-state index in [1.54, 1.807) is 0 Å². The van der Waals surface area contributed by atoms with E-state index in [0.717, 1.165) is 77.5 Å². The van der Waals surface area contributed by atoms with Crippen LogP contribution in [0, 0.1) is 0 Å². The zero-order valence-corrected chi connectivity index (χ0v) is 32.6. The molecule has 6 aromatic carbocycles. The second-order valence-electron chi connectivity index (χ2n) is 14.9. The van der Waals surface area contributed by atoms with E-state index in [2.05, 4.69) is 123 Å². The molecule has 0 aliphatic carbocycles. The fourth-order valence-corrected chi connectivity index (χ4v) is 8.56. The lowest BCUT2D eigenvalue weighted by atomic mass is 10.1. The van der Waals surface area contributed by atoms with Crippen molar-refractivity contribution in [3.05, 3.63) is 201 Å². The second kappa shape index (κ2) is 14.1. The van der Waals surface area contributed by atoms with Crippen LogP contribution in [0.5, 0.6) is 0 Å². The summed E-state index contributed by atoms with van der Waals surface area (Å²) in [6.45, 7) is 0. The number of fused-ring (bicyclic) bond motifs is 7. The van der Waals surface area contributed by atoms with Crippen molar-refractivity contribution >= 4 is 43.9 Å². The summed E-state index contributed by atoms with van der Waals surface area (Å²) in [5.41, 5.74) is 13.1. The Balaban J connectivity index is 1.18. The fraction of sp³-hybridized carbons (Fsp3) is 0. The minimum atomic E-state index is 0.495. The van der Waals surface area contributed by atoms with Gasteiger partial charge in [-0.05, 0) is 42.5 Å². The van der Waals surface area contributed by atoms with Gasteiger partial charge in [0.25, 0.3) is 0 Å². The number of hydrogen-bond donors (Lipinski definition) is 0. The van der Waals surface area contributed by atoms with Crippen LogP contribution in [0.25, 0.3) is 106 Å². The van der Waals surface area contributed by atoms with Crippen molar-refractivity contribution in [2.45, 2.75) is 0 Å². The van der Waals surface area contributed by atoms with Gasteiger partial charge >= 0.3 is 0 Å². The van der Waals surface area contributed by atoms with Crippen LogP contribution in [0.1, 0.15) is 0 Å². The topological polar surface area (TPSA) is 92.1 Å². The molecule has 6 aromatic heterocycles. The minimum absolute atomic E-state index is 0.495. The molecule has 0 N–H and O–H groups in total. The molecule has 0 saturated carbocycles. The Morgan fingerprint density at radius 3 is 1.16 bits per heavy atom. The van der Waals surface area contributed by atoms with E-state index in [-0.39, 0.29) is 0 Å². The van der Waals surface area contributed by atoms with Gasteiger partial charge in [0, 0.05) is 69.2 Å². The predicted molar refractivity (Wildman–Crippen MR) is 243 cm³/mol. The zero-order valence-electron chi connectivity index (χ0n) is 32.6. The lowest BCUT2D eigenvalue weighted by molar-refractivity contribution is 0.991. The average Bonchev–Trinajstić information content (AvgIpc) is 3.98. The van der Waals surface area contributed by atoms with Gasteiger partial charge in [0.15, 0.2) is 11.6 Å². The van der Waals surface area contributed by atoms with Crippen LogP contribution in [0.15, 0.2) is 201 Å². The third-order valence-electron chi connectivity index (χ3n) is 11.3. The Bertz CT molecular complexity index is 3440. The zero-order chi connectivity index (χ0) is 40.3. The smallest absolute Gasteiger partial charge is 0.235 e. The first-order valence-electron chi connectivity index (χ1n) is 20.1. The summed E-state index contributed by atoms with van der Waals surface area (Å²) in [6.07, 6.45) is 7.34. The second-order valence-corrected chi connectivity index (χ2v) is 14.9. The molecule has 0 radical (unpaired) electrons. The van der Waals surface area contributed by atoms with Crippen LogP contribution in [0.2, 0.25) is 0 Å². The Morgan fingerprint density at radius 2 is 0.689 bits per heavy atom. The summed E-state index contributed by atoms with van der Waals surface area (Å²) in [7, 11) is 0. The highest BCUT2D eigenvalue weighted by Crippen LogP contribution is 2.45. The molecule has 0 aliphatic heterocycles. The summed E-state index contributed by atoms with van der Waals surface area (Å²) < 4.78 is 7.00. The molecular formula is C52H33N9. The van der Waals surface area contributed by atoms with E-state index in [0.29, 0.717) is 29.0 Å². The van der Waals surface area contributed by atoms with Crippen molar-refractivity contribution in [1.29, 1.82) is 0 Å². The van der Waals surface area contributed by atoms with Crippen LogP contribution in [-0.2, 0) is 0 Å². The molecule has 0 amide bonds. The summed E-state index contributed by atoms with van der Waals surface area (Å²) in [6, 6.07) is 60.3. The monoisotopic (exact) mass is 783 g/mol. The molecule has 6 heterocycles. The molecule has 61 heavy (non-hydrogen) atoms. The van der Waals surface area contributed by atoms with Crippen LogP contribution in [-0.4, -0.2) is 43.6 Å². The minimum Gasteiger partial charge on any atom is -0.306 e. The Hall–Kier alpha value is -8.56. The maximum atomic E-state index is 5.40. The Morgan fingerprint density at radius 1 is 0.311 bits per heavy atom. The van der Waals surface area contributed by atoms with Crippen LogP contribution in [0.4, 0.5) is 0 Å². The average molecular weight is 784 g/mol. The first-order chi connectivity index (χ1) is 30.3. The van der Waals surface area contributed by atoms with Gasteiger partial charge in [-0.2, -0.15) is 0 Å². The fourth-order valence-electron chi connectivity index (χ4n) is 8.56. The predicted octanol–water partition coefficient (Wildman–Crippen LogP) is 11.7. The van der Waals surface area contributed by atoms with Gasteiger partial charge in [-0.25, -0.2) is 29.9 Å². The molecule has 0 aliphatic rings. The van der Waals surface area contributed by atoms with Gasteiger partial charge in [0.1, 0.15) is 5.52 Å². The molecule has 0 saturated heterocycles. The number of rotatable bonds is 7. The molecule has 0 fully saturated rings. The lowest BCUT2D eigenvalue weighted by Gasteiger charge is -2.12. The highest BCUT2D eigenvalue weighted by atomic mass is 15.2. The molecule has 0 atom stereocenters. The molecule has 0 bridgehead atoms. The standard InChI is InChI=1S/C52H33N9/c1-5-17-34(18-6-1)50-53-30-36(31-54-50)42-29-43(37-32-55-51(56-33-37)35-19-7-2-8-20-35)58-52(57-42)61-45-28-16-14-26-41(45)47-49(61)48-46(60(47)39-23-11-4-12-24-39)40-25-13-15-27-44(40)59(48)38-21-9-3-10-22-38/h1-33H. The summed E-state index contributed by atoms with van der Waals surface area (Å²) in [5, 5.41) is 2.21. The maximum Gasteiger partial charge on any atom is 0.235 e. The van der Waals surface area contributed by atoms with Crippen LogP contribution in [0.3, 0.4) is 0 Å². The number of hydrogen-bond acceptors (Lipinski definition) is 6. The molecule has 0 unspecified atom stereocenters. The number of nitrogens with zero attached hydrogens (tertiary/aromatic N) is 9. The third kappa shape index (κ3) is 5.63. The van der Waals surface area contributed by atoms with Gasteiger partial charge in [-0.3, -0.25) is 4.57 Å². The maximum absolute atomic E-state index is 5.40. The van der Waals surface area contributed by atoms with Crippen LogP contribution >= 0.6 is 0 Å². The van der Waals surface area contributed by atoms with E-state index in [1.807, 2.05) is 91.5 Å². The van der Waals surface area contributed by atoms with Crippen molar-refractivity contribution in [3.8, 4) is 62.6 Å². The molecule has 0 spiro atoms. The highest BCUT2D eigenvalue weighted by molar-refractivity contribution is 6.25. The van der Waals surface area contributed by atoms with Gasteiger partial charge in [0.05, 0.1) is 39.0 Å². The Kier molecular flexibility index (Phi) is 7.95. The largest absolute Gasteiger partial charge is 0.306 e. The summed E-state index contributed by atoms with van der Waals surface area (Å²) in [4.78, 5) is 30.0. The number of para-hydroxylation sites is 4. The van der Waals surface area contributed by atoms with E-state index in [1.165, 1.54) is 0 Å².